The van der Waals surface area contributed by atoms with Gasteiger partial charge in [0.25, 0.3) is 0 Å². The minimum Gasteiger partial charge on any atom is -0.443 e. The number of likely N-dealkylation sites (tertiary alicyclic amines) is 1. The monoisotopic (exact) mass is 289 g/mol. The maximum atomic E-state index is 12.3. The fraction of sp³-hybridized carbons (Fsp3) is 0.529. The molecule has 0 spiro atoms. The molecule has 1 aliphatic rings. The van der Waals surface area contributed by atoms with Gasteiger partial charge in [-0.1, -0.05) is 44.2 Å². The van der Waals surface area contributed by atoms with Crippen LogP contribution in [0.15, 0.2) is 30.3 Å². The van der Waals surface area contributed by atoms with Crippen molar-refractivity contribution in [2.24, 2.45) is 11.8 Å². The molecule has 114 valence electrons. The van der Waals surface area contributed by atoms with Crippen molar-refractivity contribution in [2.45, 2.75) is 46.3 Å². The second-order valence-corrected chi connectivity index (χ2v) is 6.81. The number of benzene rings is 1. The van der Waals surface area contributed by atoms with Crippen molar-refractivity contribution in [1.82, 2.24) is 4.90 Å². The number of hydrogen-bond acceptors (Lipinski definition) is 3. The first-order valence-corrected chi connectivity index (χ1v) is 7.33. The van der Waals surface area contributed by atoms with Gasteiger partial charge in [-0.15, -0.1) is 0 Å². The summed E-state index contributed by atoms with van der Waals surface area (Å²) in [6.45, 7) is 9.40. The molecular formula is C17H23NO3. The van der Waals surface area contributed by atoms with Crippen LogP contribution in [0, 0.1) is 11.8 Å². The summed E-state index contributed by atoms with van der Waals surface area (Å²) in [5.41, 5.74) is 0.364. The van der Waals surface area contributed by atoms with Gasteiger partial charge in [0.2, 0.25) is 5.91 Å². The average molecular weight is 289 g/mol. The molecule has 1 aromatic carbocycles. The summed E-state index contributed by atoms with van der Waals surface area (Å²) in [5.74, 6) is -0.130. The summed E-state index contributed by atoms with van der Waals surface area (Å²) in [6, 6.07) is 9.43. The lowest BCUT2D eigenvalue weighted by molar-refractivity contribution is -0.157. The quantitative estimate of drug-likeness (QED) is 0.778. The van der Waals surface area contributed by atoms with Crippen LogP contribution in [0.4, 0.5) is 4.79 Å². The number of carbonyl (C=O) groups is 2. The van der Waals surface area contributed by atoms with Gasteiger partial charge in [-0.25, -0.2) is 9.69 Å². The van der Waals surface area contributed by atoms with Gasteiger partial charge in [0.1, 0.15) is 5.60 Å². The van der Waals surface area contributed by atoms with Crippen molar-refractivity contribution in [3.63, 3.8) is 0 Å². The SMILES string of the molecule is CC(C)[C@H]1C(=O)N(C(=O)OC(C)(C)C)[C@H]1c1ccccc1. The van der Waals surface area contributed by atoms with E-state index in [0.29, 0.717) is 0 Å². The molecular weight excluding hydrogens is 266 g/mol. The Morgan fingerprint density at radius 1 is 1.19 bits per heavy atom. The van der Waals surface area contributed by atoms with Crippen molar-refractivity contribution in [3.05, 3.63) is 35.9 Å². The van der Waals surface area contributed by atoms with Gasteiger partial charge in [-0.05, 0) is 32.3 Å². The predicted molar refractivity (Wildman–Crippen MR) is 80.6 cm³/mol. The molecule has 1 aliphatic heterocycles. The molecule has 2 atom stereocenters. The minimum atomic E-state index is -0.610. The summed E-state index contributed by atoms with van der Waals surface area (Å²) in [6.07, 6.45) is -0.557. The highest BCUT2D eigenvalue weighted by atomic mass is 16.6. The predicted octanol–water partition coefficient (Wildman–Crippen LogP) is 3.78. The van der Waals surface area contributed by atoms with Crippen LogP contribution < -0.4 is 0 Å². The van der Waals surface area contributed by atoms with Crippen LogP contribution >= 0.6 is 0 Å². The number of ether oxygens (including phenoxy) is 1. The molecule has 0 N–H and O–H groups in total. The van der Waals surface area contributed by atoms with E-state index in [9.17, 15) is 9.59 Å². The van der Waals surface area contributed by atoms with E-state index in [-0.39, 0.29) is 23.8 Å². The lowest BCUT2D eigenvalue weighted by Crippen LogP contribution is -2.60. The molecule has 0 radical (unpaired) electrons. The number of β-lactam (4-membered cyclic amide) rings is 1. The molecule has 2 amide bonds. The summed E-state index contributed by atoms with van der Waals surface area (Å²) in [5, 5.41) is 0. The Morgan fingerprint density at radius 2 is 1.76 bits per heavy atom. The van der Waals surface area contributed by atoms with Crippen molar-refractivity contribution in [2.75, 3.05) is 0 Å². The standard InChI is InChI=1S/C17H23NO3/c1-11(2)13-14(12-9-7-6-8-10-12)18(15(13)19)16(20)21-17(3,4)5/h6-11,13-14H,1-5H3/t13-,14+/m1/s1. The fourth-order valence-corrected chi connectivity index (χ4v) is 2.68. The van der Waals surface area contributed by atoms with E-state index in [1.54, 1.807) is 20.8 Å². The maximum absolute atomic E-state index is 12.3. The highest BCUT2D eigenvalue weighted by molar-refractivity contribution is 6.00. The molecule has 1 saturated heterocycles. The Hall–Kier alpha value is -1.84. The van der Waals surface area contributed by atoms with Crippen molar-refractivity contribution < 1.29 is 14.3 Å². The van der Waals surface area contributed by atoms with E-state index in [2.05, 4.69) is 0 Å². The molecule has 0 saturated carbocycles. The van der Waals surface area contributed by atoms with Crippen LogP contribution in [0.3, 0.4) is 0 Å². The summed E-state index contributed by atoms with van der Waals surface area (Å²) < 4.78 is 5.36. The first-order valence-electron chi connectivity index (χ1n) is 7.33. The number of amides is 2. The molecule has 0 aliphatic carbocycles. The lowest BCUT2D eigenvalue weighted by atomic mass is 9.76. The molecule has 4 nitrogen and oxygen atoms in total. The van der Waals surface area contributed by atoms with Crippen LogP contribution in [-0.2, 0) is 9.53 Å². The maximum Gasteiger partial charge on any atom is 0.417 e. The van der Waals surface area contributed by atoms with Crippen LogP contribution in [-0.4, -0.2) is 22.5 Å². The molecule has 0 unspecified atom stereocenters. The van der Waals surface area contributed by atoms with Crippen LogP contribution in [0.25, 0.3) is 0 Å². The van der Waals surface area contributed by atoms with Gasteiger partial charge < -0.3 is 4.74 Å². The summed E-state index contributed by atoms with van der Waals surface area (Å²) in [7, 11) is 0. The zero-order chi connectivity index (χ0) is 15.8. The molecule has 4 heteroatoms. The van der Waals surface area contributed by atoms with Gasteiger partial charge in [0.15, 0.2) is 0 Å². The van der Waals surface area contributed by atoms with Gasteiger partial charge in [0, 0.05) is 0 Å². The number of nitrogens with zero attached hydrogens (tertiary/aromatic N) is 1. The third kappa shape index (κ3) is 3.09. The van der Waals surface area contributed by atoms with Gasteiger partial charge in [-0.3, -0.25) is 4.79 Å². The molecule has 0 aromatic heterocycles. The van der Waals surface area contributed by atoms with Crippen molar-refractivity contribution >= 4 is 12.0 Å². The number of imide groups is 1. The highest BCUT2D eigenvalue weighted by Crippen LogP contribution is 2.44. The molecule has 2 rings (SSSR count). The van der Waals surface area contributed by atoms with E-state index in [0.717, 1.165) is 5.56 Å². The van der Waals surface area contributed by atoms with E-state index >= 15 is 0 Å². The first kappa shape index (κ1) is 15.5. The van der Waals surface area contributed by atoms with Gasteiger partial charge in [-0.2, -0.15) is 0 Å². The largest absolute Gasteiger partial charge is 0.443 e. The Bertz CT molecular complexity index is 531. The van der Waals surface area contributed by atoms with E-state index in [1.807, 2.05) is 44.2 Å². The average Bonchev–Trinajstić information content (AvgIpc) is 2.34. The lowest BCUT2D eigenvalue weighted by Gasteiger charge is -2.47. The number of hydrogen-bond donors (Lipinski definition) is 0. The smallest absolute Gasteiger partial charge is 0.417 e. The summed E-state index contributed by atoms with van der Waals surface area (Å²) in [4.78, 5) is 25.9. The van der Waals surface area contributed by atoms with Crippen LogP contribution in [0.1, 0.15) is 46.2 Å². The summed E-state index contributed by atoms with van der Waals surface area (Å²) >= 11 is 0. The third-order valence-corrected chi connectivity index (χ3v) is 3.59. The van der Waals surface area contributed by atoms with E-state index in [1.165, 1.54) is 4.90 Å². The second kappa shape index (κ2) is 5.51. The Labute approximate surface area is 126 Å². The molecule has 1 fully saturated rings. The molecule has 0 bridgehead atoms. The molecule has 1 heterocycles. The Balaban J connectivity index is 2.28. The van der Waals surface area contributed by atoms with Crippen molar-refractivity contribution in [1.29, 1.82) is 0 Å². The number of carbonyl (C=O) groups excluding carboxylic acids is 2. The molecule has 21 heavy (non-hydrogen) atoms. The third-order valence-electron chi connectivity index (χ3n) is 3.59. The van der Waals surface area contributed by atoms with E-state index in [4.69, 9.17) is 4.74 Å². The normalized spacial score (nSPS) is 22.2. The Morgan fingerprint density at radius 3 is 2.24 bits per heavy atom. The fourth-order valence-electron chi connectivity index (χ4n) is 2.68. The van der Waals surface area contributed by atoms with Crippen molar-refractivity contribution in [3.8, 4) is 0 Å². The van der Waals surface area contributed by atoms with Gasteiger partial charge >= 0.3 is 6.09 Å². The topological polar surface area (TPSA) is 46.6 Å². The molecule has 1 aromatic rings. The second-order valence-electron chi connectivity index (χ2n) is 6.81. The minimum absolute atomic E-state index is 0.145. The first-order chi connectivity index (χ1) is 9.72. The van der Waals surface area contributed by atoms with E-state index < -0.39 is 11.7 Å². The van der Waals surface area contributed by atoms with Gasteiger partial charge in [0.05, 0.1) is 12.0 Å². The number of rotatable bonds is 2. The van der Waals surface area contributed by atoms with Crippen LogP contribution in [0.2, 0.25) is 0 Å². The Kier molecular flexibility index (Phi) is 4.08. The zero-order valence-electron chi connectivity index (χ0n) is 13.3. The van der Waals surface area contributed by atoms with Crippen LogP contribution in [0.5, 0.6) is 0 Å². The highest BCUT2D eigenvalue weighted by Gasteiger charge is 2.53. The zero-order valence-corrected chi connectivity index (χ0v) is 13.3.